The van der Waals surface area contributed by atoms with Crippen LogP contribution in [0.15, 0.2) is 72.0 Å². The Morgan fingerprint density at radius 2 is 1.94 bits per heavy atom. The van der Waals surface area contributed by atoms with Crippen LogP contribution < -0.4 is 0 Å². The van der Waals surface area contributed by atoms with E-state index in [-0.39, 0.29) is 22.9 Å². The van der Waals surface area contributed by atoms with Crippen LogP contribution in [0.2, 0.25) is 0 Å². The molecule has 0 saturated heterocycles. The molecule has 7 atom stereocenters. The topological polar surface area (TPSA) is 79.7 Å². The fourth-order valence-electron chi connectivity index (χ4n) is 9.33. The van der Waals surface area contributed by atoms with Gasteiger partial charge in [-0.15, -0.1) is 11.3 Å². The Morgan fingerprint density at radius 1 is 1.15 bits per heavy atom. The van der Waals surface area contributed by atoms with Crippen LogP contribution in [0.5, 0.6) is 0 Å². The van der Waals surface area contributed by atoms with Crippen molar-refractivity contribution in [2.75, 3.05) is 0 Å². The lowest BCUT2D eigenvalue weighted by Crippen LogP contribution is -2.37. The molecule has 0 amide bonds. The van der Waals surface area contributed by atoms with Crippen LogP contribution in [-0.2, 0) is 16.6 Å². The third-order valence-electron chi connectivity index (χ3n) is 12.3. The number of allylic oxidation sites excluding steroid dienone is 3. The Hall–Kier alpha value is -2.54. The minimum absolute atomic E-state index is 0.153. The Kier molecular flexibility index (Phi) is 10.6. The fraction of sp³-hybridized carbons (Fsp3) is 0.610. The van der Waals surface area contributed by atoms with Crippen LogP contribution in [0.3, 0.4) is 0 Å². The molecule has 6 heteroatoms. The van der Waals surface area contributed by atoms with Gasteiger partial charge >= 0.3 is 5.97 Å². The molecule has 254 valence electrons. The van der Waals surface area contributed by atoms with Gasteiger partial charge in [-0.2, -0.15) is 0 Å². The zero-order valence-corrected chi connectivity index (χ0v) is 29.6. The molecular weight excluding hydrogens is 603 g/mol. The van der Waals surface area contributed by atoms with Crippen LogP contribution in [0.1, 0.15) is 124 Å². The lowest BCUT2D eigenvalue weighted by atomic mass is 9.60. The molecule has 4 aliphatic carbocycles. The SMILES string of the molecule is C=C1/C(=C\C=C2/CCC[C@]3(C)[C@@H]([C@H](C)CC[C@@H](OC(=O)c4ccccc4)C4(c5ncc(CCCC)s5)CC4)CC[C@@H]23)C[C@@H](O)C[C@@H]1O. The number of aromatic nitrogens is 1. The van der Waals surface area contributed by atoms with E-state index in [0.29, 0.717) is 36.2 Å². The third-order valence-corrected chi connectivity index (χ3v) is 13.6. The summed E-state index contributed by atoms with van der Waals surface area (Å²) < 4.78 is 6.45. The van der Waals surface area contributed by atoms with Crippen molar-refractivity contribution in [3.05, 3.63) is 87.4 Å². The number of unbranched alkanes of at least 4 members (excludes halogenated alkanes) is 1. The summed E-state index contributed by atoms with van der Waals surface area (Å²) in [6.45, 7) is 11.3. The van der Waals surface area contributed by atoms with E-state index < -0.39 is 12.2 Å². The maximum absolute atomic E-state index is 13.4. The quantitative estimate of drug-likeness (QED) is 0.223. The number of aryl methyl sites for hydroxylation is 1. The molecule has 6 rings (SSSR count). The van der Waals surface area contributed by atoms with Crippen LogP contribution >= 0.6 is 11.3 Å². The van der Waals surface area contributed by atoms with E-state index in [1.54, 1.807) is 0 Å². The predicted octanol–water partition coefficient (Wildman–Crippen LogP) is 9.30. The van der Waals surface area contributed by atoms with Gasteiger partial charge in [-0.1, -0.05) is 69.7 Å². The van der Waals surface area contributed by atoms with Gasteiger partial charge in [0, 0.05) is 17.5 Å². The van der Waals surface area contributed by atoms with E-state index in [9.17, 15) is 15.0 Å². The number of carbonyl (C=O) groups excluding carboxylic acids is 1. The first kappa shape index (κ1) is 34.3. The molecule has 0 spiro atoms. The standard InChI is InChI=1S/C41H55NO4S/c1-5-6-14-33-26-42-39(47-33)41(22-23-41)37(46-38(45)30-11-8-7-9-12-30)20-15-27(2)34-18-19-35-29(13-10-21-40(34,35)4)16-17-31-24-32(43)25-36(44)28(31)3/h7-9,11-12,16-17,26-27,32,34-37,43-44H,3,5-6,10,13-15,18-25H2,1-2,4H3/b29-16+,31-17-/t27-,32-,34-,35+,36+,37-,40-/m1/s1. The highest BCUT2D eigenvalue weighted by molar-refractivity contribution is 7.11. The van der Waals surface area contributed by atoms with E-state index in [1.807, 2.05) is 41.7 Å². The lowest BCUT2D eigenvalue weighted by molar-refractivity contribution is 0.0127. The van der Waals surface area contributed by atoms with Crippen LogP contribution in [0, 0.1) is 23.2 Å². The van der Waals surface area contributed by atoms with Gasteiger partial charge in [-0.3, -0.25) is 0 Å². The summed E-state index contributed by atoms with van der Waals surface area (Å²) >= 11 is 1.84. The molecule has 2 aromatic rings. The minimum atomic E-state index is -0.652. The van der Waals surface area contributed by atoms with Crippen molar-refractivity contribution in [2.24, 2.45) is 23.2 Å². The van der Waals surface area contributed by atoms with E-state index in [1.165, 1.54) is 49.0 Å². The van der Waals surface area contributed by atoms with Gasteiger partial charge in [0.1, 0.15) is 11.1 Å². The van der Waals surface area contributed by atoms with Gasteiger partial charge in [0.05, 0.1) is 23.2 Å². The molecule has 0 aliphatic heterocycles. The number of hydrogen-bond acceptors (Lipinski definition) is 6. The Morgan fingerprint density at radius 3 is 2.68 bits per heavy atom. The molecule has 4 saturated carbocycles. The smallest absolute Gasteiger partial charge is 0.338 e. The summed E-state index contributed by atoms with van der Waals surface area (Å²) in [6.07, 6.45) is 19.5. The number of fused-ring (bicyclic) bond motifs is 1. The Bertz CT molecular complexity index is 1470. The second kappa shape index (κ2) is 14.5. The number of aliphatic hydroxyl groups is 2. The van der Waals surface area contributed by atoms with E-state index in [0.717, 1.165) is 54.7 Å². The van der Waals surface area contributed by atoms with Crippen LogP contribution in [0.4, 0.5) is 0 Å². The molecule has 5 nitrogen and oxygen atoms in total. The molecule has 47 heavy (non-hydrogen) atoms. The number of esters is 1. The van der Waals surface area contributed by atoms with Crippen molar-refractivity contribution >= 4 is 17.3 Å². The highest BCUT2D eigenvalue weighted by atomic mass is 32.1. The lowest BCUT2D eigenvalue weighted by Gasteiger charge is -2.44. The van der Waals surface area contributed by atoms with Crippen molar-refractivity contribution in [1.82, 2.24) is 4.98 Å². The second-order valence-electron chi connectivity index (χ2n) is 15.4. The van der Waals surface area contributed by atoms with Gasteiger partial charge in [-0.05, 0) is 123 Å². The predicted molar refractivity (Wildman–Crippen MR) is 190 cm³/mol. The normalized spacial score (nSPS) is 31.5. The average Bonchev–Trinajstić information content (AvgIpc) is 3.58. The molecule has 4 aliphatic rings. The average molecular weight is 658 g/mol. The summed E-state index contributed by atoms with van der Waals surface area (Å²) in [6, 6.07) is 9.45. The monoisotopic (exact) mass is 657 g/mol. The van der Waals surface area contributed by atoms with Crippen molar-refractivity contribution < 1.29 is 19.7 Å². The number of rotatable bonds is 12. The van der Waals surface area contributed by atoms with Crippen molar-refractivity contribution in [3.63, 3.8) is 0 Å². The van der Waals surface area contributed by atoms with Gasteiger partial charge in [-0.25, -0.2) is 9.78 Å². The molecule has 0 bridgehead atoms. The van der Waals surface area contributed by atoms with Crippen molar-refractivity contribution in [3.8, 4) is 0 Å². The highest BCUT2D eigenvalue weighted by Crippen LogP contribution is 2.60. The van der Waals surface area contributed by atoms with Crippen molar-refractivity contribution in [2.45, 2.75) is 134 Å². The zero-order valence-electron chi connectivity index (χ0n) is 28.8. The number of nitrogens with zero attached hydrogens (tertiary/aromatic N) is 1. The largest absolute Gasteiger partial charge is 0.458 e. The molecule has 1 heterocycles. The van der Waals surface area contributed by atoms with E-state index in [4.69, 9.17) is 9.72 Å². The Balaban J connectivity index is 1.17. The molecule has 1 aromatic heterocycles. The van der Waals surface area contributed by atoms with Crippen molar-refractivity contribution in [1.29, 1.82) is 0 Å². The maximum atomic E-state index is 13.4. The summed E-state index contributed by atoms with van der Waals surface area (Å²) in [5.74, 6) is 1.49. The van der Waals surface area contributed by atoms with E-state index >= 15 is 0 Å². The van der Waals surface area contributed by atoms with E-state index in [2.05, 4.69) is 45.7 Å². The number of carbonyl (C=O) groups is 1. The molecule has 4 fully saturated rings. The van der Waals surface area contributed by atoms with Gasteiger partial charge in [0.15, 0.2) is 0 Å². The summed E-state index contributed by atoms with van der Waals surface area (Å²) in [7, 11) is 0. The highest BCUT2D eigenvalue weighted by Gasteiger charge is 2.56. The molecule has 2 N–H and O–H groups in total. The fourth-order valence-corrected chi connectivity index (χ4v) is 10.6. The van der Waals surface area contributed by atoms with Gasteiger partial charge in [0.25, 0.3) is 0 Å². The second-order valence-corrected chi connectivity index (χ2v) is 16.5. The van der Waals surface area contributed by atoms with Crippen LogP contribution in [-0.4, -0.2) is 39.5 Å². The number of ether oxygens (including phenoxy) is 1. The first-order chi connectivity index (χ1) is 22.6. The number of hydrogen-bond donors (Lipinski definition) is 2. The summed E-state index contributed by atoms with van der Waals surface area (Å²) in [4.78, 5) is 19.7. The Labute approximate surface area is 286 Å². The molecule has 1 aromatic carbocycles. The van der Waals surface area contributed by atoms with Gasteiger partial charge in [0.2, 0.25) is 0 Å². The summed E-state index contributed by atoms with van der Waals surface area (Å²) in [5, 5.41) is 21.7. The van der Waals surface area contributed by atoms with Gasteiger partial charge < -0.3 is 14.9 Å². The number of aliphatic hydroxyl groups excluding tert-OH is 2. The minimum Gasteiger partial charge on any atom is -0.458 e. The van der Waals surface area contributed by atoms with Crippen LogP contribution in [0.25, 0.3) is 0 Å². The number of thiazole rings is 1. The molecule has 0 unspecified atom stereocenters. The molecular formula is C41H55NO4S. The third kappa shape index (κ3) is 7.26. The first-order valence-electron chi connectivity index (χ1n) is 18.3. The maximum Gasteiger partial charge on any atom is 0.338 e. The molecule has 0 radical (unpaired) electrons. The number of benzene rings is 1. The first-order valence-corrected chi connectivity index (χ1v) is 19.1. The zero-order chi connectivity index (χ0) is 33.2. The summed E-state index contributed by atoms with van der Waals surface area (Å²) in [5.41, 5.74) is 3.99.